The van der Waals surface area contributed by atoms with Gasteiger partial charge in [0.15, 0.2) is 0 Å². The van der Waals surface area contributed by atoms with Gasteiger partial charge >= 0.3 is 0 Å². The van der Waals surface area contributed by atoms with Crippen molar-refractivity contribution in [3.05, 3.63) is 51.5 Å². The maximum Gasteiger partial charge on any atom is 0.265 e. The van der Waals surface area contributed by atoms with Gasteiger partial charge in [0.05, 0.1) is 10.7 Å². The molecule has 116 valence electrons. The summed E-state index contributed by atoms with van der Waals surface area (Å²) in [5.74, 6) is 0.137. The summed E-state index contributed by atoms with van der Waals surface area (Å²) in [6, 6.07) is 10.3. The van der Waals surface area contributed by atoms with E-state index in [1.807, 2.05) is 30.0 Å². The van der Waals surface area contributed by atoms with E-state index in [9.17, 15) is 4.79 Å². The second-order valence-corrected chi connectivity index (χ2v) is 6.66. The van der Waals surface area contributed by atoms with Crippen molar-refractivity contribution < 1.29 is 4.79 Å². The van der Waals surface area contributed by atoms with E-state index in [-0.39, 0.29) is 5.91 Å². The number of nitrogens with zero attached hydrogens (tertiary/aromatic N) is 2. The van der Waals surface area contributed by atoms with Crippen LogP contribution < -0.4 is 5.32 Å². The van der Waals surface area contributed by atoms with Crippen LogP contribution in [0.2, 0.25) is 0 Å². The monoisotopic (exact) mass is 315 g/mol. The Kier molecular flexibility index (Phi) is 4.85. The Morgan fingerprint density at radius 1 is 1.27 bits per heavy atom. The van der Waals surface area contributed by atoms with Crippen molar-refractivity contribution in [2.75, 3.05) is 26.2 Å². The Morgan fingerprint density at radius 2 is 2.09 bits per heavy atom. The van der Waals surface area contributed by atoms with Crippen molar-refractivity contribution in [2.45, 2.75) is 19.8 Å². The van der Waals surface area contributed by atoms with Crippen molar-refractivity contribution in [3.8, 4) is 0 Å². The van der Waals surface area contributed by atoms with Crippen molar-refractivity contribution in [2.24, 2.45) is 0 Å². The fraction of sp³-hybridized carbons (Fsp3) is 0.412. The Balaban J connectivity index is 1.75. The van der Waals surface area contributed by atoms with Gasteiger partial charge in [-0.15, -0.1) is 11.3 Å². The Morgan fingerprint density at radius 3 is 2.91 bits per heavy atom. The average molecular weight is 315 g/mol. The smallest absolute Gasteiger partial charge is 0.265 e. The Labute approximate surface area is 135 Å². The molecule has 0 atom stereocenters. The summed E-state index contributed by atoms with van der Waals surface area (Å²) < 4.78 is 0. The molecular weight excluding hydrogens is 294 g/mol. The number of hydrogen-bond donors (Lipinski definition) is 1. The third-order valence-corrected chi connectivity index (χ3v) is 5.01. The summed E-state index contributed by atoms with van der Waals surface area (Å²) in [5.41, 5.74) is 2.09. The third-order valence-electron chi connectivity index (χ3n) is 3.86. The van der Waals surface area contributed by atoms with Gasteiger partial charge in [0.1, 0.15) is 4.88 Å². The second kappa shape index (κ2) is 7.03. The van der Waals surface area contributed by atoms with Gasteiger partial charge in [-0.25, -0.2) is 4.98 Å². The maximum absolute atomic E-state index is 12.7. The van der Waals surface area contributed by atoms with Gasteiger partial charge in [-0.2, -0.15) is 0 Å². The standard InChI is InChI=1S/C17H21N3OS/c1-13-16(17(21)20-10-5-8-18-9-11-20)22-15(19-13)12-14-6-3-2-4-7-14/h2-4,6-7,18H,5,8-12H2,1H3. The van der Waals surface area contributed by atoms with Gasteiger partial charge in [-0.3, -0.25) is 4.79 Å². The quantitative estimate of drug-likeness (QED) is 0.946. The minimum Gasteiger partial charge on any atom is -0.337 e. The molecule has 4 nitrogen and oxygen atoms in total. The van der Waals surface area contributed by atoms with Crippen molar-refractivity contribution in [3.63, 3.8) is 0 Å². The molecule has 0 spiro atoms. The molecule has 0 aliphatic carbocycles. The van der Waals surface area contributed by atoms with Crippen LogP contribution >= 0.6 is 11.3 Å². The molecule has 1 aromatic heterocycles. The molecule has 1 saturated heterocycles. The molecular formula is C17H21N3OS. The van der Waals surface area contributed by atoms with E-state index in [1.165, 1.54) is 5.56 Å². The van der Waals surface area contributed by atoms with E-state index in [0.29, 0.717) is 0 Å². The highest BCUT2D eigenvalue weighted by Gasteiger charge is 2.22. The van der Waals surface area contributed by atoms with Gasteiger partial charge < -0.3 is 10.2 Å². The van der Waals surface area contributed by atoms with Gasteiger partial charge in [0.25, 0.3) is 5.91 Å². The van der Waals surface area contributed by atoms with Crippen molar-refractivity contribution in [1.29, 1.82) is 0 Å². The number of nitrogens with one attached hydrogen (secondary N) is 1. The summed E-state index contributed by atoms with van der Waals surface area (Å²) in [7, 11) is 0. The number of hydrogen-bond acceptors (Lipinski definition) is 4. The number of aromatic nitrogens is 1. The minimum absolute atomic E-state index is 0.137. The molecule has 5 heteroatoms. The molecule has 3 rings (SSSR count). The van der Waals surface area contributed by atoms with E-state index in [4.69, 9.17) is 0 Å². The van der Waals surface area contributed by atoms with Crippen LogP contribution in [0, 0.1) is 6.92 Å². The first-order valence-electron chi connectivity index (χ1n) is 7.74. The molecule has 2 heterocycles. The number of thiazole rings is 1. The largest absolute Gasteiger partial charge is 0.337 e. The third kappa shape index (κ3) is 3.54. The maximum atomic E-state index is 12.7. The molecule has 0 unspecified atom stereocenters. The number of carbonyl (C=O) groups is 1. The summed E-state index contributed by atoms with van der Waals surface area (Å²) in [6.45, 7) is 5.42. The lowest BCUT2D eigenvalue weighted by atomic mass is 10.2. The molecule has 1 fully saturated rings. The van der Waals surface area contributed by atoms with Gasteiger partial charge in [-0.05, 0) is 25.5 Å². The molecule has 1 aromatic carbocycles. The first-order valence-corrected chi connectivity index (χ1v) is 8.56. The number of carbonyl (C=O) groups excluding carboxylic acids is 1. The fourth-order valence-corrected chi connectivity index (χ4v) is 3.76. The first-order chi connectivity index (χ1) is 10.7. The molecule has 0 saturated carbocycles. The van der Waals surface area contributed by atoms with Crippen LogP contribution in [0.5, 0.6) is 0 Å². The van der Waals surface area contributed by atoms with Crippen LogP contribution in [0.15, 0.2) is 30.3 Å². The fourth-order valence-electron chi connectivity index (χ4n) is 2.69. The molecule has 22 heavy (non-hydrogen) atoms. The number of rotatable bonds is 3. The van der Waals surface area contributed by atoms with Crippen LogP contribution in [0.25, 0.3) is 0 Å². The number of amides is 1. The molecule has 1 amide bonds. The highest BCUT2D eigenvalue weighted by molar-refractivity contribution is 7.13. The first kappa shape index (κ1) is 15.2. The average Bonchev–Trinajstić information content (AvgIpc) is 2.75. The molecule has 0 bridgehead atoms. The predicted molar refractivity (Wildman–Crippen MR) is 89.5 cm³/mol. The zero-order valence-corrected chi connectivity index (χ0v) is 13.7. The van der Waals surface area contributed by atoms with E-state index in [0.717, 1.165) is 54.6 Å². The van der Waals surface area contributed by atoms with Gasteiger partial charge in [0.2, 0.25) is 0 Å². The van der Waals surface area contributed by atoms with Crippen LogP contribution in [0.1, 0.15) is 32.4 Å². The van der Waals surface area contributed by atoms with E-state index < -0.39 is 0 Å². The molecule has 1 N–H and O–H groups in total. The number of benzene rings is 1. The summed E-state index contributed by atoms with van der Waals surface area (Å²) in [5, 5.41) is 4.34. The summed E-state index contributed by atoms with van der Waals surface area (Å²) in [4.78, 5) is 20.1. The van der Waals surface area contributed by atoms with E-state index in [2.05, 4.69) is 22.4 Å². The predicted octanol–water partition coefficient (Wildman–Crippen LogP) is 2.48. The topological polar surface area (TPSA) is 45.2 Å². The minimum atomic E-state index is 0.137. The molecule has 2 aromatic rings. The van der Waals surface area contributed by atoms with Crippen LogP contribution in [0.4, 0.5) is 0 Å². The van der Waals surface area contributed by atoms with E-state index >= 15 is 0 Å². The summed E-state index contributed by atoms with van der Waals surface area (Å²) in [6.07, 6.45) is 1.81. The number of aryl methyl sites for hydroxylation is 1. The zero-order valence-electron chi connectivity index (χ0n) is 12.8. The van der Waals surface area contributed by atoms with Gasteiger partial charge in [0, 0.05) is 26.1 Å². The Bertz CT molecular complexity index is 631. The summed E-state index contributed by atoms with van der Waals surface area (Å²) >= 11 is 1.54. The van der Waals surface area contributed by atoms with Crippen molar-refractivity contribution in [1.82, 2.24) is 15.2 Å². The normalized spacial score (nSPS) is 15.6. The second-order valence-electron chi connectivity index (χ2n) is 5.58. The molecule has 1 aliphatic heterocycles. The lowest BCUT2D eigenvalue weighted by Gasteiger charge is -2.19. The van der Waals surface area contributed by atoms with Crippen LogP contribution in [-0.4, -0.2) is 42.0 Å². The van der Waals surface area contributed by atoms with Crippen molar-refractivity contribution >= 4 is 17.2 Å². The zero-order chi connectivity index (χ0) is 15.4. The lowest BCUT2D eigenvalue weighted by Crippen LogP contribution is -2.34. The van der Waals surface area contributed by atoms with Gasteiger partial charge in [-0.1, -0.05) is 30.3 Å². The molecule has 1 aliphatic rings. The highest BCUT2D eigenvalue weighted by Crippen LogP contribution is 2.22. The SMILES string of the molecule is Cc1nc(Cc2ccccc2)sc1C(=O)N1CCCNCC1. The van der Waals surface area contributed by atoms with E-state index in [1.54, 1.807) is 11.3 Å². The lowest BCUT2D eigenvalue weighted by molar-refractivity contribution is 0.0770. The highest BCUT2D eigenvalue weighted by atomic mass is 32.1. The van der Waals surface area contributed by atoms with Crippen LogP contribution in [-0.2, 0) is 6.42 Å². The Hall–Kier alpha value is -1.72. The van der Waals surface area contributed by atoms with Crippen LogP contribution in [0.3, 0.4) is 0 Å². The molecule has 0 radical (unpaired) electrons.